The molecule has 2 N–H and O–H groups in total. The minimum absolute atomic E-state index is 0.0803. The Balaban J connectivity index is 2.35. The van der Waals surface area contributed by atoms with Crippen molar-refractivity contribution < 1.29 is 18.3 Å². The summed E-state index contributed by atoms with van der Waals surface area (Å²) < 4.78 is 26.1. The van der Waals surface area contributed by atoms with E-state index in [1.807, 2.05) is 0 Å². The van der Waals surface area contributed by atoms with Gasteiger partial charge in [0, 0.05) is 12.4 Å². The van der Waals surface area contributed by atoms with Crippen molar-refractivity contribution in [1.82, 2.24) is 9.97 Å². The van der Waals surface area contributed by atoms with Crippen molar-refractivity contribution in [3.05, 3.63) is 48.3 Å². The highest BCUT2D eigenvalue weighted by atomic mass is 32.2. The Kier molecular flexibility index (Phi) is 3.43. The van der Waals surface area contributed by atoms with Gasteiger partial charge in [-0.3, -0.25) is 0 Å². The highest BCUT2D eigenvalue weighted by Crippen LogP contribution is 2.14. The molecule has 0 aliphatic carbocycles. The molecular weight excluding hydrogens is 270 g/mol. The molecule has 0 aliphatic rings. The molecule has 0 unspecified atom stereocenters. The van der Waals surface area contributed by atoms with Gasteiger partial charge in [-0.25, -0.2) is 27.9 Å². The molecule has 0 amide bonds. The molecule has 1 heterocycles. The second-order valence-electron chi connectivity index (χ2n) is 3.51. The van der Waals surface area contributed by atoms with Gasteiger partial charge < -0.3 is 5.11 Å². The molecular formula is C11H9N3O4S. The predicted molar refractivity (Wildman–Crippen MR) is 66.2 cm³/mol. The summed E-state index contributed by atoms with van der Waals surface area (Å²) in [4.78, 5) is 18.1. The van der Waals surface area contributed by atoms with Gasteiger partial charge in [0.05, 0.1) is 10.5 Å². The highest BCUT2D eigenvalue weighted by Gasteiger charge is 2.17. The quantitative estimate of drug-likeness (QED) is 0.863. The zero-order chi connectivity index (χ0) is 13.9. The van der Waals surface area contributed by atoms with Gasteiger partial charge in [0.1, 0.15) is 0 Å². The van der Waals surface area contributed by atoms with E-state index in [-0.39, 0.29) is 16.4 Å². The van der Waals surface area contributed by atoms with Crippen molar-refractivity contribution in [3.63, 3.8) is 0 Å². The summed E-state index contributed by atoms with van der Waals surface area (Å²) >= 11 is 0. The van der Waals surface area contributed by atoms with Crippen LogP contribution in [-0.2, 0) is 10.0 Å². The smallest absolute Gasteiger partial charge is 0.335 e. The Morgan fingerprint density at radius 2 is 1.84 bits per heavy atom. The SMILES string of the molecule is O=C(O)c1cccc(S(=O)(=O)Nc2ncccn2)c1. The minimum Gasteiger partial charge on any atom is -0.478 e. The molecule has 2 rings (SSSR count). The van der Waals surface area contributed by atoms with Gasteiger partial charge in [0.2, 0.25) is 5.95 Å². The van der Waals surface area contributed by atoms with Crippen LogP contribution in [0, 0.1) is 0 Å². The van der Waals surface area contributed by atoms with Crippen molar-refractivity contribution >= 4 is 21.9 Å². The number of aromatic carboxylic acids is 1. The first-order chi connectivity index (χ1) is 8.99. The van der Waals surface area contributed by atoms with Gasteiger partial charge in [0.15, 0.2) is 0 Å². The van der Waals surface area contributed by atoms with E-state index in [1.54, 1.807) is 6.07 Å². The Hall–Kier alpha value is -2.48. The molecule has 0 fully saturated rings. The number of anilines is 1. The third-order valence-corrected chi connectivity index (χ3v) is 3.51. The summed E-state index contributed by atoms with van der Waals surface area (Å²) in [6.45, 7) is 0. The highest BCUT2D eigenvalue weighted by molar-refractivity contribution is 7.92. The number of sulfonamides is 1. The summed E-state index contributed by atoms with van der Waals surface area (Å²) in [6, 6.07) is 6.55. The molecule has 7 nitrogen and oxygen atoms in total. The van der Waals surface area contributed by atoms with Gasteiger partial charge in [-0.1, -0.05) is 6.07 Å². The van der Waals surface area contributed by atoms with Gasteiger partial charge in [-0.15, -0.1) is 0 Å². The lowest BCUT2D eigenvalue weighted by atomic mass is 10.2. The second kappa shape index (κ2) is 5.02. The fourth-order valence-corrected chi connectivity index (χ4v) is 2.33. The normalized spacial score (nSPS) is 10.9. The molecule has 0 spiro atoms. The van der Waals surface area contributed by atoms with E-state index >= 15 is 0 Å². The van der Waals surface area contributed by atoms with Crippen LogP contribution in [0.4, 0.5) is 5.95 Å². The van der Waals surface area contributed by atoms with Crippen molar-refractivity contribution in [1.29, 1.82) is 0 Å². The standard InChI is InChI=1S/C11H9N3O4S/c15-10(16)8-3-1-4-9(7-8)19(17,18)14-11-12-5-2-6-13-11/h1-7H,(H,15,16)(H,12,13,14). The van der Waals surface area contributed by atoms with Crippen LogP contribution in [0.2, 0.25) is 0 Å². The van der Waals surface area contributed by atoms with Gasteiger partial charge in [0.25, 0.3) is 10.0 Å². The molecule has 0 atom stereocenters. The first-order valence-electron chi connectivity index (χ1n) is 5.12. The van der Waals surface area contributed by atoms with Crippen LogP contribution in [0.3, 0.4) is 0 Å². The van der Waals surface area contributed by atoms with Crippen LogP contribution in [-0.4, -0.2) is 29.5 Å². The molecule has 0 saturated heterocycles. The third kappa shape index (κ3) is 3.05. The maximum absolute atomic E-state index is 12.0. The van der Waals surface area contributed by atoms with Gasteiger partial charge in [-0.2, -0.15) is 0 Å². The largest absolute Gasteiger partial charge is 0.478 e. The fraction of sp³-hybridized carbons (Fsp3) is 0. The van der Waals surface area contributed by atoms with Crippen molar-refractivity contribution in [2.24, 2.45) is 0 Å². The Bertz CT molecular complexity index is 701. The maximum Gasteiger partial charge on any atom is 0.335 e. The fourth-order valence-electron chi connectivity index (χ4n) is 1.33. The number of aromatic nitrogens is 2. The van der Waals surface area contributed by atoms with Crippen LogP contribution in [0.1, 0.15) is 10.4 Å². The molecule has 8 heteroatoms. The van der Waals surface area contributed by atoms with Crippen LogP contribution >= 0.6 is 0 Å². The molecule has 98 valence electrons. The summed E-state index contributed by atoms with van der Waals surface area (Å²) in [7, 11) is -3.91. The molecule has 1 aromatic heterocycles. The van der Waals surface area contributed by atoms with E-state index in [2.05, 4.69) is 14.7 Å². The van der Waals surface area contributed by atoms with Crippen LogP contribution in [0.5, 0.6) is 0 Å². The lowest BCUT2D eigenvalue weighted by Gasteiger charge is -2.06. The number of carboxylic acids is 1. The molecule has 19 heavy (non-hydrogen) atoms. The van der Waals surface area contributed by atoms with E-state index in [1.165, 1.54) is 30.6 Å². The number of hydrogen-bond acceptors (Lipinski definition) is 5. The van der Waals surface area contributed by atoms with Crippen LogP contribution in [0.25, 0.3) is 0 Å². The number of nitrogens with zero attached hydrogens (tertiary/aromatic N) is 2. The van der Waals surface area contributed by atoms with Crippen molar-refractivity contribution in [2.45, 2.75) is 4.90 Å². The molecule has 0 radical (unpaired) electrons. The Morgan fingerprint density at radius 3 is 2.47 bits per heavy atom. The van der Waals surface area contributed by atoms with Gasteiger partial charge in [-0.05, 0) is 24.3 Å². The summed E-state index contributed by atoms with van der Waals surface area (Å²) in [6.07, 6.45) is 2.77. The molecule has 2 aromatic rings. The average Bonchev–Trinajstić information content (AvgIpc) is 2.39. The predicted octanol–water partition coefficient (Wildman–Crippen LogP) is 0.976. The zero-order valence-corrected chi connectivity index (χ0v) is 10.3. The van der Waals surface area contributed by atoms with Gasteiger partial charge >= 0.3 is 5.97 Å². The summed E-state index contributed by atoms with van der Waals surface area (Å²) in [5.74, 6) is -1.28. The first kappa shape index (κ1) is 13.0. The number of benzene rings is 1. The molecule has 0 saturated carbocycles. The van der Waals surface area contributed by atoms with E-state index < -0.39 is 16.0 Å². The molecule has 0 bridgehead atoms. The third-order valence-electron chi connectivity index (χ3n) is 2.18. The first-order valence-corrected chi connectivity index (χ1v) is 6.60. The van der Waals surface area contributed by atoms with Crippen LogP contribution < -0.4 is 4.72 Å². The van der Waals surface area contributed by atoms with E-state index in [0.29, 0.717) is 0 Å². The number of rotatable bonds is 4. The van der Waals surface area contributed by atoms with E-state index in [9.17, 15) is 13.2 Å². The molecule has 1 aromatic carbocycles. The lowest BCUT2D eigenvalue weighted by molar-refractivity contribution is 0.0696. The number of carboxylic acid groups (broad SMARTS) is 1. The number of carbonyl (C=O) groups is 1. The average molecular weight is 279 g/mol. The number of hydrogen-bond donors (Lipinski definition) is 2. The second-order valence-corrected chi connectivity index (χ2v) is 5.19. The van der Waals surface area contributed by atoms with Crippen molar-refractivity contribution in [3.8, 4) is 0 Å². The molecule has 0 aliphatic heterocycles. The number of nitrogens with one attached hydrogen (secondary N) is 1. The summed E-state index contributed by atoms with van der Waals surface area (Å²) in [5, 5.41) is 8.82. The van der Waals surface area contributed by atoms with E-state index in [4.69, 9.17) is 5.11 Å². The minimum atomic E-state index is -3.91. The zero-order valence-electron chi connectivity index (χ0n) is 9.52. The lowest BCUT2D eigenvalue weighted by Crippen LogP contribution is -2.15. The maximum atomic E-state index is 12.0. The Labute approximate surface area is 109 Å². The van der Waals surface area contributed by atoms with Crippen LogP contribution in [0.15, 0.2) is 47.6 Å². The van der Waals surface area contributed by atoms with E-state index in [0.717, 1.165) is 6.07 Å². The monoisotopic (exact) mass is 279 g/mol. The summed E-state index contributed by atoms with van der Waals surface area (Å²) in [5.41, 5.74) is -0.114. The topological polar surface area (TPSA) is 109 Å². The van der Waals surface area contributed by atoms with Crippen molar-refractivity contribution in [2.75, 3.05) is 4.72 Å². The Morgan fingerprint density at radius 1 is 1.16 bits per heavy atom.